The molecule has 2 aromatic heterocycles. The van der Waals surface area contributed by atoms with Gasteiger partial charge in [0, 0.05) is 48.7 Å². The van der Waals surface area contributed by atoms with Crippen LogP contribution in [0.15, 0.2) is 42.7 Å². The molecule has 9 nitrogen and oxygen atoms in total. The summed E-state index contributed by atoms with van der Waals surface area (Å²) in [5, 5.41) is 23.1. The number of hydrogen-bond donors (Lipinski definition) is 3. The highest BCUT2D eigenvalue weighted by atomic mass is 19.1. The summed E-state index contributed by atoms with van der Waals surface area (Å²) in [4.78, 5) is 25.5. The number of nitrogen functional groups attached to an aromatic ring is 1. The Morgan fingerprint density at radius 1 is 1.23 bits per heavy atom. The number of pyridine rings is 1. The van der Waals surface area contributed by atoms with Crippen LogP contribution in [0.5, 0.6) is 0 Å². The number of aromatic carboxylic acids is 1. The van der Waals surface area contributed by atoms with Crippen LogP contribution in [0, 0.1) is 21.7 Å². The van der Waals surface area contributed by atoms with Crippen molar-refractivity contribution in [3.63, 3.8) is 0 Å². The Hall–Kier alpha value is -4.02. The number of nitrogens with one attached hydrogen (secondary N) is 1. The number of rotatable bonds is 8. The number of hydrogen-bond acceptors (Lipinski definition) is 6. The molecule has 0 aliphatic rings. The van der Waals surface area contributed by atoms with Crippen molar-refractivity contribution in [3.05, 3.63) is 70.0 Å². The molecule has 30 heavy (non-hydrogen) atoms. The molecule has 0 radical (unpaired) electrons. The van der Waals surface area contributed by atoms with Crippen molar-refractivity contribution in [1.82, 2.24) is 9.55 Å². The van der Waals surface area contributed by atoms with E-state index >= 15 is 0 Å². The lowest BCUT2D eigenvalue weighted by Gasteiger charge is -2.07. The minimum absolute atomic E-state index is 0.00349. The maximum Gasteiger partial charge on any atom is 0.337 e. The van der Waals surface area contributed by atoms with Crippen LogP contribution in [0.3, 0.4) is 0 Å². The molecule has 0 fully saturated rings. The number of nitrogens with two attached hydrogens (primary N) is 1. The number of carboxylic acids is 1. The maximum absolute atomic E-state index is 14.1. The zero-order chi connectivity index (χ0) is 21.8. The van der Waals surface area contributed by atoms with Crippen molar-refractivity contribution in [2.24, 2.45) is 0 Å². The van der Waals surface area contributed by atoms with Gasteiger partial charge in [0.2, 0.25) is 5.82 Å². The van der Waals surface area contributed by atoms with E-state index in [4.69, 9.17) is 5.73 Å². The number of carbonyl (C=O) groups is 1. The number of anilines is 2. The second-order valence-electron chi connectivity index (χ2n) is 6.39. The molecular weight excluding hydrogens is 400 g/mol. The minimum atomic E-state index is -1.23. The first-order valence-electron chi connectivity index (χ1n) is 8.79. The number of carboxylic acid groups (broad SMARTS) is 1. The summed E-state index contributed by atoms with van der Waals surface area (Å²) in [5.74, 6) is -2.66. The van der Waals surface area contributed by atoms with Gasteiger partial charge < -0.3 is 20.7 Å². The predicted octanol–water partition coefficient (Wildman–Crippen LogP) is 3.52. The van der Waals surface area contributed by atoms with Crippen LogP contribution >= 0.6 is 0 Å². The summed E-state index contributed by atoms with van der Waals surface area (Å²) in [5.41, 5.74) is 5.30. The van der Waals surface area contributed by atoms with E-state index in [1.54, 1.807) is 4.57 Å². The molecule has 0 saturated heterocycles. The molecule has 0 aliphatic heterocycles. The topological polar surface area (TPSA) is 136 Å². The van der Waals surface area contributed by atoms with Crippen LogP contribution in [0.4, 0.5) is 26.1 Å². The van der Waals surface area contributed by atoms with Crippen LogP contribution in [0.25, 0.3) is 11.1 Å². The van der Waals surface area contributed by atoms with Gasteiger partial charge in [-0.3, -0.25) is 10.1 Å². The minimum Gasteiger partial charge on any atom is -0.478 e. The van der Waals surface area contributed by atoms with E-state index in [2.05, 4.69) is 10.3 Å². The summed E-state index contributed by atoms with van der Waals surface area (Å²) in [7, 11) is 0. The number of aryl methyl sites for hydroxylation is 1. The van der Waals surface area contributed by atoms with Crippen LogP contribution < -0.4 is 11.1 Å². The van der Waals surface area contributed by atoms with Gasteiger partial charge in [0.15, 0.2) is 0 Å². The molecule has 1 aromatic carbocycles. The van der Waals surface area contributed by atoms with Crippen LogP contribution in [0.2, 0.25) is 0 Å². The van der Waals surface area contributed by atoms with E-state index in [1.165, 1.54) is 30.6 Å². The number of aromatic nitrogens is 2. The largest absolute Gasteiger partial charge is 0.478 e. The Bertz CT molecular complexity index is 1120. The van der Waals surface area contributed by atoms with Gasteiger partial charge in [-0.2, -0.15) is 0 Å². The monoisotopic (exact) mass is 417 g/mol. The van der Waals surface area contributed by atoms with E-state index in [0.29, 0.717) is 31.4 Å². The van der Waals surface area contributed by atoms with Crippen molar-refractivity contribution in [2.45, 2.75) is 13.0 Å². The van der Waals surface area contributed by atoms with Crippen molar-refractivity contribution in [2.75, 3.05) is 17.6 Å². The van der Waals surface area contributed by atoms with Crippen LogP contribution in [0.1, 0.15) is 16.8 Å². The fourth-order valence-electron chi connectivity index (χ4n) is 2.93. The summed E-state index contributed by atoms with van der Waals surface area (Å²) in [6.45, 7) is 0.823. The molecule has 0 unspecified atom stereocenters. The maximum atomic E-state index is 14.1. The molecule has 3 rings (SSSR count). The highest BCUT2D eigenvalue weighted by molar-refractivity contribution is 5.96. The third-order valence-corrected chi connectivity index (χ3v) is 4.33. The number of nitro groups is 1. The molecule has 0 saturated carbocycles. The van der Waals surface area contributed by atoms with Gasteiger partial charge >= 0.3 is 11.7 Å². The summed E-state index contributed by atoms with van der Waals surface area (Å²) < 4.78 is 28.8. The third-order valence-electron chi connectivity index (χ3n) is 4.33. The number of nitrogens with zero attached hydrogens (tertiary/aromatic N) is 3. The van der Waals surface area contributed by atoms with E-state index in [9.17, 15) is 28.8 Å². The second kappa shape index (κ2) is 8.55. The molecule has 3 aromatic rings. The van der Waals surface area contributed by atoms with Gasteiger partial charge in [0.25, 0.3) is 0 Å². The summed E-state index contributed by atoms with van der Waals surface area (Å²) >= 11 is 0. The average Bonchev–Trinajstić information content (AvgIpc) is 3.09. The number of benzene rings is 1. The fourth-order valence-corrected chi connectivity index (χ4v) is 2.93. The Morgan fingerprint density at radius 3 is 2.63 bits per heavy atom. The molecule has 0 atom stereocenters. The standard InChI is InChI=1S/C19H17F2N5O4/c20-11-2-3-12(15(21)8-11)13-9-25(10-14(13)19(27)28)7-1-6-23-17-5-4-16(26(29)30)18(22)24-17/h2-5,8-10H,1,6-7H2,(H,27,28)(H3,22,23,24). The highest BCUT2D eigenvalue weighted by Crippen LogP contribution is 2.28. The fraction of sp³-hybridized carbons (Fsp3) is 0.158. The molecule has 2 heterocycles. The van der Waals surface area contributed by atoms with Gasteiger partial charge in [-0.25, -0.2) is 18.6 Å². The lowest BCUT2D eigenvalue weighted by atomic mass is 10.0. The summed E-state index contributed by atoms with van der Waals surface area (Å²) in [6.07, 6.45) is 3.40. The Labute approximate surface area is 168 Å². The van der Waals surface area contributed by atoms with Gasteiger partial charge in [0.1, 0.15) is 17.5 Å². The SMILES string of the molecule is Nc1nc(NCCCn2cc(C(=O)O)c(-c3ccc(F)cc3F)c2)ccc1[N+](=O)[O-]. The van der Waals surface area contributed by atoms with Gasteiger partial charge in [-0.05, 0) is 24.6 Å². The average molecular weight is 417 g/mol. The van der Waals surface area contributed by atoms with Crippen molar-refractivity contribution in [1.29, 1.82) is 0 Å². The Kier molecular flexibility index (Phi) is 5.90. The first-order valence-corrected chi connectivity index (χ1v) is 8.79. The molecular formula is C19H17F2N5O4. The van der Waals surface area contributed by atoms with Crippen molar-refractivity contribution in [3.8, 4) is 11.1 Å². The van der Waals surface area contributed by atoms with Gasteiger partial charge in [-0.1, -0.05) is 0 Å². The van der Waals surface area contributed by atoms with Gasteiger partial charge in [-0.15, -0.1) is 0 Å². The Morgan fingerprint density at radius 2 is 2.00 bits per heavy atom. The normalized spacial score (nSPS) is 10.7. The number of halogens is 2. The first-order chi connectivity index (χ1) is 14.3. The molecule has 156 valence electrons. The lowest BCUT2D eigenvalue weighted by molar-refractivity contribution is -0.384. The molecule has 11 heteroatoms. The first kappa shape index (κ1) is 20.7. The molecule has 0 amide bonds. The van der Waals surface area contributed by atoms with E-state index < -0.39 is 22.5 Å². The second-order valence-corrected chi connectivity index (χ2v) is 6.39. The Balaban J connectivity index is 1.67. The lowest BCUT2D eigenvalue weighted by Crippen LogP contribution is -2.08. The molecule has 0 spiro atoms. The zero-order valence-electron chi connectivity index (χ0n) is 15.5. The van der Waals surface area contributed by atoms with Crippen LogP contribution in [-0.4, -0.2) is 32.1 Å². The molecule has 0 bridgehead atoms. The van der Waals surface area contributed by atoms with Crippen molar-refractivity contribution >= 4 is 23.3 Å². The molecule has 4 N–H and O–H groups in total. The smallest absolute Gasteiger partial charge is 0.337 e. The van der Waals surface area contributed by atoms with E-state index in [-0.39, 0.29) is 28.2 Å². The highest BCUT2D eigenvalue weighted by Gasteiger charge is 2.18. The molecule has 0 aliphatic carbocycles. The van der Waals surface area contributed by atoms with Gasteiger partial charge in [0.05, 0.1) is 10.5 Å². The predicted molar refractivity (Wildman–Crippen MR) is 105 cm³/mol. The zero-order valence-corrected chi connectivity index (χ0v) is 15.5. The third kappa shape index (κ3) is 4.51. The van der Waals surface area contributed by atoms with Crippen molar-refractivity contribution < 1.29 is 23.6 Å². The quantitative estimate of drug-likeness (QED) is 0.290. The van der Waals surface area contributed by atoms with E-state index in [0.717, 1.165) is 6.07 Å². The van der Waals surface area contributed by atoms with Crippen LogP contribution in [-0.2, 0) is 6.54 Å². The summed E-state index contributed by atoms with van der Waals surface area (Å²) in [6, 6.07) is 5.64. The van der Waals surface area contributed by atoms with E-state index in [1.807, 2.05) is 0 Å².